The van der Waals surface area contributed by atoms with E-state index >= 15 is 0 Å². The van der Waals surface area contributed by atoms with Crippen LogP contribution in [-0.4, -0.2) is 18.2 Å². The van der Waals surface area contributed by atoms with Gasteiger partial charge in [0.2, 0.25) is 0 Å². The zero-order valence-corrected chi connectivity index (χ0v) is 11.6. The highest BCUT2D eigenvalue weighted by Gasteiger charge is 2.11. The number of hydrogen-bond donors (Lipinski definition) is 1. The molecule has 0 radical (unpaired) electrons. The SMILES string of the molecule is COc1ccc(CSc2cccc(F)c2)cc1C(=O)O. The molecule has 0 unspecified atom stereocenters. The molecule has 0 saturated heterocycles. The predicted molar refractivity (Wildman–Crippen MR) is 75.9 cm³/mol. The van der Waals surface area contributed by atoms with Crippen molar-refractivity contribution in [2.24, 2.45) is 0 Å². The molecule has 0 fully saturated rings. The Balaban J connectivity index is 2.14. The topological polar surface area (TPSA) is 46.5 Å². The van der Waals surface area contributed by atoms with Gasteiger partial charge in [-0.05, 0) is 35.9 Å². The summed E-state index contributed by atoms with van der Waals surface area (Å²) in [7, 11) is 1.43. The summed E-state index contributed by atoms with van der Waals surface area (Å²) in [5.41, 5.74) is 0.974. The number of carboxylic acids is 1. The first kappa shape index (κ1) is 14.4. The quantitative estimate of drug-likeness (QED) is 0.851. The van der Waals surface area contributed by atoms with Crippen LogP contribution in [0.15, 0.2) is 47.4 Å². The third-order valence-electron chi connectivity index (χ3n) is 2.70. The Morgan fingerprint density at radius 2 is 2.10 bits per heavy atom. The summed E-state index contributed by atoms with van der Waals surface area (Å²) < 4.78 is 18.1. The number of benzene rings is 2. The van der Waals surface area contributed by atoms with E-state index in [2.05, 4.69) is 0 Å². The first-order valence-electron chi connectivity index (χ1n) is 5.88. The van der Waals surface area contributed by atoms with Crippen molar-refractivity contribution in [3.63, 3.8) is 0 Å². The van der Waals surface area contributed by atoms with Crippen LogP contribution in [0.3, 0.4) is 0 Å². The lowest BCUT2D eigenvalue weighted by Crippen LogP contribution is -2.01. The molecule has 2 aromatic rings. The fraction of sp³-hybridized carbons (Fsp3) is 0.133. The molecule has 0 atom stereocenters. The lowest BCUT2D eigenvalue weighted by molar-refractivity contribution is 0.0693. The van der Waals surface area contributed by atoms with Crippen LogP contribution < -0.4 is 4.74 Å². The van der Waals surface area contributed by atoms with Gasteiger partial charge in [-0.25, -0.2) is 9.18 Å². The molecule has 0 aliphatic carbocycles. The minimum Gasteiger partial charge on any atom is -0.496 e. The van der Waals surface area contributed by atoms with Crippen molar-refractivity contribution in [3.8, 4) is 5.75 Å². The normalized spacial score (nSPS) is 10.3. The monoisotopic (exact) mass is 292 g/mol. The number of thioether (sulfide) groups is 1. The van der Waals surface area contributed by atoms with Crippen molar-refractivity contribution in [3.05, 3.63) is 59.4 Å². The predicted octanol–water partition coefficient (Wildman–Crippen LogP) is 3.82. The van der Waals surface area contributed by atoms with Crippen LogP contribution in [0.1, 0.15) is 15.9 Å². The van der Waals surface area contributed by atoms with E-state index in [9.17, 15) is 9.18 Å². The summed E-state index contributed by atoms with van der Waals surface area (Å²) in [6.45, 7) is 0. The van der Waals surface area contributed by atoms with Crippen LogP contribution in [0.4, 0.5) is 4.39 Å². The highest BCUT2D eigenvalue weighted by Crippen LogP contribution is 2.26. The number of methoxy groups -OCH3 is 1. The van der Waals surface area contributed by atoms with E-state index in [0.29, 0.717) is 11.5 Å². The van der Waals surface area contributed by atoms with Gasteiger partial charge >= 0.3 is 5.97 Å². The van der Waals surface area contributed by atoms with Gasteiger partial charge in [0.1, 0.15) is 17.1 Å². The Kier molecular flexibility index (Phi) is 4.63. The molecule has 0 bridgehead atoms. The second-order valence-electron chi connectivity index (χ2n) is 4.09. The number of halogens is 1. The van der Waals surface area contributed by atoms with Gasteiger partial charge in [-0.1, -0.05) is 12.1 Å². The van der Waals surface area contributed by atoms with Crippen LogP contribution in [0.25, 0.3) is 0 Å². The van der Waals surface area contributed by atoms with Crippen LogP contribution in [0, 0.1) is 5.82 Å². The van der Waals surface area contributed by atoms with Gasteiger partial charge in [0.25, 0.3) is 0 Å². The largest absolute Gasteiger partial charge is 0.496 e. The minimum atomic E-state index is -1.03. The third kappa shape index (κ3) is 3.51. The average Bonchev–Trinajstić information content (AvgIpc) is 2.45. The average molecular weight is 292 g/mol. The number of carbonyl (C=O) groups is 1. The second-order valence-corrected chi connectivity index (χ2v) is 5.13. The Labute approximate surface area is 120 Å². The summed E-state index contributed by atoms with van der Waals surface area (Å²) in [5.74, 6) is -0.416. The Morgan fingerprint density at radius 3 is 2.75 bits per heavy atom. The van der Waals surface area contributed by atoms with Gasteiger partial charge in [-0.3, -0.25) is 0 Å². The van der Waals surface area contributed by atoms with E-state index in [-0.39, 0.29) is 11.4 Å². The van der Waals surface area contributed by atoms with Crippen LogP contribution in [-0.2, 0) is 5.75 Å². The molecule has 0 aliphatic heterocycles. The van der Waals surface area contributed by atoms with Crippen molar-refractivity contribution in [1.82, 2.24) is 0 Å². The second kappa shape index (κ2) is 6.43. The van der Waals surface area contributed by atoms with Crippen LogP contribution in [0.2, 0.25) is 0 Å². The van der Waals surface area contributed by atoms with Gasteiger partial charge < -0.3 is 9.84 Å². The number of aromatic carboxylic acids is 1. The lowest BCUT2D eigenvalue weighted by atomic mass is 10.1. The van der Waals surface area contributed by atoms with Crippen molar-refractivity contribution < 1.29 is 19.0 Å². The summed E-state index contributed by atoms with van der Waals surface area (Å²) in [6, 6.07) is 11.3. The molecular formula is C15H13FO3S. The molecular weight excluding hydrogens is 279 g/mol. The van der Waals surface area contributed by atoms with E-state index < -0.39 is 5.97 Å². The summed E-state index contributed by atoms with van der Waals surface area (Å²) in [5, 5.41) is 9.11. The first-order chi connectivity index (χ1) is 9.60. The van der Waals surface area contributed by atoms with Crippen LogP contribution in [0.5, 0.6) is 5.75 Å². The maximum atomic E-state index is 13.1. The summed E-state index contributed by atoms with van der Waals surface area (Å²) in [4.78, 5) is 11.9. The molecule has 20 heavy (non-hydrogen) atoms. The Hall–Kier alpha value is -2.01. The summed E-state index contributed by atoms with van der Waals surface area (Å²) >= 11 is 1.45. The molecule has 0 amide bonds. The van der Waals surface area contributed by atoms with E-state index in [1.807, 2.05) is 6.07 Å². The molecule has 0 aromatic heterocycles. The fourth-order valence-electron chi connectivity index (χ4n) is 1.74. The van der Waals surface area contributed by atoms with E-state index in [0.717, 1.165) is 10.5 Å². The minimum absolute atomic E-state index is 0.129. The molecule has 104 valence electrons. The molecule has 0 spiro atoms. The van der Waals surface area contributed by atoms with E-state index in [4.69, 9.17) is 9.84 Å². The van der Waals surface area contributed by atoms with Gasteiger partial charge in [0, 0.05) is 10.6 Å². The number of ether oxygens (including phenoxy) is 1. The van der Waals surface area contributed by atoms with Crippen molar-refractivity contribution in [2.45, 2.75) is 10.6 Å². The highest BCUT2D eigenvalue weighted by molar-refractivity contribution is 7.98. The van der Waals surface area contributed by atoms with Crippen molar-refractivity contribution in [1.29, 1.82) is 0 Å². The molecule has 0 heterocycles. The molecule has 0 saturated carbocycles. The van der Waals surface area contributed by atoms with Gasteiger partial charge in [0.15, 0.2) is 0 Å². The Morgan fingerprint density at radius 1 is 1.30 bits per heavy atom. The summed E-state index contributed by atoms with van der Waals surface area (Å²) in [6.07, 6.45) is 0. The van der Waals surface area contributed by atoms with E-state index in [1.165, 1.54) is 31.0 Å². The first-order valence-corrected chi connectivity index (χ1v) is 6.87. The molecule has 0 aliphatic rings. The van der Waals surface area contributed by atoms with Gasteiger partial charge in [-0.15, -0.1) is 11.8 Å². The molecule has 1 N–H and O–H groups in total. The maximum Gasteiger partial charge on any atom is 0.339 e. The molecule has 2 aromatic carbocycles. The number of carboxylic acid groups (broad SMARTS) is 1. The smallest absolute Gasteiger partial charge is 0.339 e. The number of rotatable bonds is 5. The molecule has 5 heteroatoms. The van der Waals surface area contributed by atoms with Gasteiger partial charge in [-0.2, -0.15) is 0 Å². The molecule has 3 nitrogen and oxygen atoms in total. The maximum absolute atomic E-state index is 13.1. The lowest BCUT2D eigenvalue weighted by Gasteiger charge is -2.07. The third-order valence-corrected chi connectivity index (χ3v) is 3.76. The Bertz CT molecular complexity index is 628. The fourth-order valence-corrected chi connectivity index (χ4v) is 2.62. The van der Waals surface area contributed by atoms with Crippen molar-refractivity contribution >= 4 is 17.7 Å². The van der Waals surface area contributed by atoms with Crippen molar-refractivity contribution in [2.75, 3.05) is 7.11 Å². The van der Waals surface area contributed by atoms with Crippen LogP contribution >= 0.6 is 11.8 Å². The van der Waals surface area contributed by atoms with Gasteiger partial charge in [0.05, 0.1) is 7.11 Å². The zero-order chi connectivity index (χ0) is 14.5. The van der Waals surface area contributed by atoms with E-state index in [1.54, 1.807) is 24.3 Å². The standard InChI is InChI=1S/C15H13FO3S/c1-19-14-6-5-10(7-13(14)15(17)18)9-20-12-4-2-3-11(16)8-12/h2-8H,9H2,1H3,(H,17,18). The number of hydrogen-bond acceptors (Lipinski definition) is 3. The zero-order valence-electron chi connectivity index (χ0n) is 10.8. The highest BCUT2D eigenvalue weighted by atomic mass is 32.2. The molecule has 2 rings (SSSR count).